The van der Waals surface area contributed by atoms with Gasteiger partial charge in [0.05, 0.1) is 17.9 Å². The lowest BCUT2D eigenvalue weighted by Gasteiger charge is -2.28. The topological polar surface area (TPSA) is 70.7 Å². The van der Waals surface area contributed by atoms with Crippen molar-refractivity contribution in [3.8, 4) is 0 Å². The van der Waals surface area contributed by atoms with E-state index in [4.69, 9.17) is 4.74 Å². The van der Waals surface area contributed by atoms with E-state index in [1.807, 2.05) is 12.1 Å². The van der Waals surface area contributed by atoms with Crippen LogP contribution < -0.4 is 10.6 Å². The monoisotopic (exact) mass is 333 g/mol. The van der Waals surface area contributed by atoms with Crippen LogP contribution in [0.2, 0.25) is 0 Å². The molecular weight excluding hydrogens is 306 g/mol. The zero-order valence-electron chi connectivity index (χ0n) is 14.5. The number of carbonyl (C=O) groups is 2. The van der Waals surface area contributed by atoms with Crippen LogP contribution in [0.25, 0.3) is 0 Å². The Morgan fingerprint density at radius 3 is 2.38 bits per heavy atom. The standard InChI is InChI=1S/C18H27N3O3/c1-3-21(12-15-8-10-24-11-9-15)13-18(23)20-17-7-5-4-6-16(17)19-14(2)22/h4-7,15H,3,8-13H2,1-2H3,(H,19,22)(H,20,23). The van der Waals surface area contributed by atoms with Crippen LogP contribution in [-0.4, -0.2) is 49.6 Å². The summed E-state index contributed by atoms with van der Waals surface area (Å²) < 4.78 is 5.39. The number of nitrogens with zero attached hydrogens (tertiary/aromatic N) is 1. The fourth-order valence-corrected chi connectivity index (χ4v) is 2.88. The minimum absolute atomic E-state index is 0.0679. The summed E-state index contributed by atoms with van der Waals surface area (Å²) in [5.74, 6) is 0.367. The minimum atomic E-state index is -0.161. The van der Waals surface area contributed by atoms with Gasteiger partial charge in [0.2, 0.25) is 11.8 Å². The molecule has 6 heteroatoms. The molecule has 1 aliphatic heterocycles. The summed E-state index contributed by atoms with van der Waals surface area (Å²) in [4.78, 5) is 25.8. The molecule has 0 aliphatic carbocycles. The molecule has 24 heavy (non-hydrogen) atoms. The highest BCUT2D eigenvalue weighted by Gasteiger charge is 2.19. The van der Waals surface area contributed by atoms with Crippen molar-refractivity contribution in [2.75, 3.05) is 43.5 Å². The fraction of sp³-hybridized carbons (Fsp3) is 0.556. The molecule has 0 saturated carbocycles. The van der Waals surface area contributed by atoms with Crippen LogP contribution >= 0.6 is 0 Å². The second kappa shape index (κ2) is 9.39. The molecule has 1 saturated heterocycles. The molecule has 1 fully saturated rings. The summed E-state index contributed by atoms with van der Waals surface area (Å²) in [6.07, 6.45) is 2.12. The number of hydrogen-bond acceptors (Lipinski definition) is 4. The molecule has 1 aromatic carbocycles. The normalized spacial score (nSPS) is 15.3. The van der Waals surface area contributed by atoms with E-state index in [9.17, 15) is 9.59 Å². The summed E-state index contributed by atoms with van der Waals surface area (Å²) in [7, 11) is 0. The number of para-hydroxylation sites is 2. The van der Waals surface area contributed by atoms with E-state index in [1.54, 1.807) is 12.1 Å². The van der Waals surface area contributed by atoms with Gasteiger partial charge in [0.15, 0.2) is 0 Å². The second-order valence-corrected chi connectivity index (χ2v) is 6.16. The molecule has 0 spiro atoms. The molecule has 1 aromatic rings. The van der Waals surface area contributed by atoms with Crippen LogP contribution in [0.3, 0.4) is 0 Å². The molecule has 0 atom stereocenters. The largest absolute Gasteiger partial charge is 0.381 e. The van der Waals surface area contributed by atoms with Crippen molar-refractivity contribution in [2.45, 2.75) is 26.7 Å². The lowest BCUT2D eigenvalue weighted by atomic mass is 10.00. The molecule has 0 radical (unpaired) electrons. The van der Waals surface area contributed by atoms with Crippen LogP contribution in [0.15, 0.2) is 24.3 Å². The third-order valence-electron chi connectivity index (χ3n) is 4.18. The first-order valence-electron chi connectivity index (χ1n) is 8.55. The van der Waals surface area contributed by atoms with Crippen molar-refractivity contribution in [3.05, 3.63) is 24.3 Å². The number of rotatable bonds is 7. The van der Waals surface area contributed by atoms with E-state index in [0.29, 0.717) is 23.8 Å². The predicted octanol–water partition coefficient (Wildman–Crippen LogP) is 2.33. The Hall–Kier alpha value is -1.92. The molecule has 1 aliphatic rings. The average molecular weight is 333 g/mol. The van der Waals surface area contributed by atoms with Gasteiger partial charge < -0.3 is 15.4 Å². The number of amides is 2. The van der Waals surface area contributed by atoms with Gasteiger partial charge >= 0.3 is 0 Å². The van der Waals surface area contributed by atoms with Gasteiger partial charge in [0.25, 0.3) is 0 Å². The molecule has 2 rings (SSSR count). The number of anilines is 2. The summed E-state index contributed by atoms with van der Waals surface area (Å²) in [6, 6.07) is 7.22. The number of carbonyl (C=O) groups excluding carboxylic acids is 2. The van der Waals surface area contributed by atoms with Gasteiger partial charge in [-0.2, -0.15) is 0 Å². The summed E-state index contributed by atoms with van der Waals surface area (Å²) in [5.41, 5.74) is 1.24. The van der Waals surface area contributed by atoms with Crippen molar-refractivity contribution in [1.29, 1.82) is 0 Å². The van der Waals surface area contributed by atoms with Crippen molar-refractivity contribution < 1.29 is 14.3 Å². The third-order valence-corrected chi connectivity index (χ3v) is 4.18. The summed E-state index contributed by atoms with van der Waals surface area (Å²) >= 11 is 0. The lowest BCUT2D eigenvalue weighted by molar-refractivity contribution is -0.117. The molecule has 2 amide bonds. The highest BCUT2D eigenvalue weighted by Crippen LogP contribution is 2.21. The van der Waals surface area contributed by atoms with Crippen molar-refractivity contribution >= 4 is 23.2 Å². The SMILES string of the molecule is CCN(CC(=O)Nc1ccccc1NC(C)=O)CC1CCOCC1. The molecule has 1 heterocycles. The molecule has 132 valence electrons. The Morgan fingerprint density at radius 1 is 1.17 bits per heavy atom. The maximum Gasteiger partial charge on any atom is 0.238 e. The molecule has 2 N–H and O–H groups in total. The summed E-state index contributed by atoms with van der Waals surface area (Å²) in [6.45, 7) is 7.25. The van der Waals surface area contributed by atoms with Crippen molar-refractivity contribution in [2.24, 2.45) is 5.92 Å². The number of benzene rings is 1. The second-order valence-electron chi connectivity index (χ2n) is 6.16. The van der Waals surface area contributed by atoms with Crippen LogP contribution in [0.5, 0.6) is 0 Å². The van der Waals surface area contributed by atoms with E-state index in [0.717, 1.165) is 39.1 Å². The summed E-state index contributed by atoms with van der Waals surface area (Å²) in [5, 5.41) is 5.63. The molecule has 6 nitrogen and oxygen atoms in total. The average Bonchev–Trinajstić information content (AvgIpc) is 2.56. The van der Waals surface area contributed by atoms with E-state index in [1.165, 1.54) is 6.92 Å². The van der Waals surface area contributed by atoms with Crippen molar-refractivity contribution in [1.82, 2.24) is 4.90 Å². The Labute approximate surface area is 143 Å². The van der Waals surface area contributed by atoms with Crippen LogP contribution in [0, 0.1) is 5.92 Å². The molecule has 0 aromatic heterocycles. The van der Waals surface area contributed by atoms with Crippen LogP contribution in [0.1, 0.15) is 26.7 Å². The van der Waals surface area contributed by atoms with Gasteiger partial charge in [-0.15, -0.1) is 0 Å². The first kappa shape index (κ1) is 18.4. The first-order chi connectivity index (χ1) is 11.6. The Balaban J connectivity index is 1.90. The third kappa shape index (κ3) is 5.94. The maximum atomic E-state index is 12.4. The van der Waals surface area contributed by atoms with E-state index < -0.39 is 0 Å². The lowest BCUT2D eigenvalue weighted by Crippen LogP contribution is -2.38. The van der Waals surface area contributed by atoms with Gasteiger partial charge in [0.1, 0.15) is 0 Å². The number of hydrogen-bond donors (Lipinski definition) is 2. The quantitative estimate of drug-likeness (QED) is 0.803. The van der Waals surface area contributed by atoms with Crippen LogP contribution in [-0.2, 0) is 14.3 Å². The zero-order chi connectivity index (χ0) is 17.4. The van der Waals surface area contributed by atoms with Gasteiger partial charge in [-0.25, -0.2) is 0 Å². The molecule has 0 bridgehead atoms. The first-order valence-corrected chi connectivity index (χ1v) is 8.55. The smallest absolute Gasteiger partial charge is 0.238 e. The number of ether oxygens (including phenoxy) is 1. The molecular formula is C18H27N3O3. The van der Waals surface area contributed by atoms with Gasteiger partial charge in [-0.1, -0.05) is 19.1 Å². The van der Waals surface area contributed by atoms with Gasteiger partial charge in [0, 0.05) is 26.7 Å². The number of likely N-dealkylation sites (N-methyl/N-ethyl adjacent to an activating group) is 1. The fourth-order valence-electron chi connectivity index (χ4n) is 2.88. The Kier molecular flexibility index (Phi) is 7.21. The van der Waals surface area contributed by atoms with E-state index in [-0.39, 0.29) is 11.8 Å². The molecule has 0 unspecified atom stereocenters. The van der Waals surface area contributed by atoms with E-state index in [2.05, 4.69) is 22.5 Å². The minimum Gasteiger partial charge on any atom is -0.381 e. The van der Waals surface area contributed by atoms with Gasteiger partial charge in [-0.3, -0.25) is 14.5 Å². The van der Waals surface area contributed by atoms with Gasteiger partial charge in [-0.05, 0) is 37.4 Å². The van der Waals surface area contributed by atoms with E-state index >= 15 is 0 Å². The number of nitrogens with one attached hydrogen (secondary N) is 2. The highest BCUT2D eigenvalue weighted by atomic mass is 16.5. The zero-order valence-corrected chi connectivity index (χ0v) is 14.5. The maximum absolute atomic E-state index is 12.4. The predicted molar refractivity (Wildman–Crippen MR) is 95.0 cm³/mol. The van der Waals surface area contributed by atoms with Crippen LogP contribution in [0.4, 0.5) is 11.4 Å². The van der Waals surface area contributed by atoms with Crippen molar-refractivity contribution in [3.63, 3.8) is 0 Å². The highest BCUT2D eigenvalue weighted by molar-refractivity contribution is 5.99. The Morgan fingerprint density at radius 2 is 1.79 bits per heavy atom. The Bertz CT molecular complexity index is 556.